The fourth-order valence-electron chi connectivity index (χ4n) is 3.14. The highest BCUT2D eigenvalue weighted by atomic mass is 32.2. The second-order valence-corrected chi connectivity index (χ2v) is 8.04. The molecule has 2 aromatic carbocycles. The van der Waals surface area contributed by atoms with Crippen LogP contribution in [0.5, 0.6) is 5.75 Å². The summed E-state index contributed by atoms with van der Waals surface area (Å²) in [6, 6.07) is 13.6. The lowest BCUT2D eigenvalue weighted by molar-refractivity contribution is -0.143. The number of hydrogen-bond acceptors (Lipinski definition) is 7. The van der Waals surface area contributed by atoms with E-state index in [1.807, 2.05) is 31.2 Å². The number of carbonyl (C=O) groups is 2. The first kappa shape index (κ1) is 25.2. The predicted octanol–water partition coefficient (Wildman–Crippen LogP) is 4.02. The van der Waals surface area contributed by atoms with Crippen LogP contribution in [-0.2, 0) is 14.3 Å². The van der Waals surface area contributed by atoms with Gasteiger partial charge in [-0.25, -0.2) is 4.39 Å². The molecule has 8 nitrogen and oxygen atoms in total. The van der Waals surface area contributed by atoms with E-state index in [-0.39, 0.29) is 29.7 Å². The third-order valence-electron chi connectivity index (χ3n) is 4.67. The maximum Gasteiger partial charge on any atom is 0.305 e. The van der Waals surface area contributed by atoms with Crippen LogP contribution in [0.1, 0.15) is 26.7 Å². The lowest BCUT2D eigenvalue weighted by atomic mass is 10.2. The zero-order valence-electron chi connectivity index (χ0n) is 19.1. The Morgan fingerprint density at radius 1 is 1.06 bits per heavy atom. The fourth-order valence-corrected chi connectivity index (χ4v) is 3.92. The van der Waals surface area contributed by atoms with Gasteiger partial charge in [0.1, 0.15) is 11.6 Å². The summed E-state index contributed by atoms with van der Waals surface area (Å²) in [4.78, 5) is 23.7. The number of thioether (sulfide) groups is 1. The van der Waals surface area contributed by atoms with Gasteiger partial charge in [-0.15, -0.1) is 10.2 Å². The molecule has 0 saturated carbocycles. The van der Waals surface area contributed by atoms with Crippen LogP contribution in [0.2, 0.25) is 0 Å². The maximum atomic E-state index is 14.7. The van der Waals surface area contributed by atoms with E-state index in [2.05, 4.69) is 15.5 Å². The lowest BCUT2D eigenvalue weighted by Crippen LogP contribution is -2.26. The second kappa shape index (κ2) is 12.7. The van der Waals surface area contributed by atoms with E-state index in [0.717, 1.165) is 23.1 Å². The first-order valence-corrected chi connectivity index (χ1v) is 12.0. The van der Waals surface area contributed by atoms with Crippen LogP contribution in [-0.4, -0.2) is 52.2 Å². The number of carbonyl (C=O) groups excluding carboxylic acids is 2. The molecule has 0 aliphatic carbocycles. The van der Waals surface area contributed by atoms with E-state index in [0.29, 0.717) is 37.2 Å². The summed E-state index contributed by atoms with van der Waals surface area (Å²) >= 11 is 1.15. The molecule has 3 rings (SSSR count). The standard InChI is InChI=1S/C24H27FN4O4S/c1-3-32-18-13-11-17(12-14-18)23-27-28-24(29(23)20-9-6-5-8-19(20)25)34-16-21(30)26-15-7-10-22(31)33-4-2/h5-6,8-9,11-14H,3-4,7,10,15-16H2,1-2H3,(H,26,30). The number of aromatic nitrogens is 3. The van der Waals surface area contributed by atoms with E-state index in [9.17, 15) is 14.0 Å². The molecule has 0 fully saturated rings. The van der Waals surface area contributed by atoms with Crippen molar-refractivity contribution in [2.45, 2.75) is 31.8 Å². The van der Waals surface area contributed by atoms with Gasteiger partial charge in [0, 0.05) is 18.5 Å². The zero-order valence-corrected chi connectivity index (χ0v) is 19.9. The van der Waals surface area contributed by atoms with Crippen molar-refractivity contribution in [3.63, 3.8) is 0 Å². The average Bonchev–Trinajstić information content (AvgIpc) is 3.25. The first-order chi connectivity index (χ1) is 16.5. The minimum absolute atomic E-state index is 0.0648. The van der Waals surface area contributed by atoms with Crippen LogP contribution in [0, 0.1) is 5.82 Å². The van der Waals surface area contributed by atoms with Gasteiger partial charge >= 0.3 is 5.97 Å². The van der Waals surface area contributed by atoms with Crippen molar-refractivity contribution in [1.29, 1.82) is 0 Å². The van der Waals surface area contributed by atoms with Crippen molar-refractivity contribution in [2.24, 2.45) is 0 Å². The molecule has 0 aliphatic rings. The monoisotopic (exact) mass is 486 g/mol. The lowest BCUT2D eigenvalue weighted by Gasteiger charge is -2.12. The molecule has 3 aromatic rings. The van der Waals surface area contributed by atoms with Crippen molar-refractivity contribution in [3.05, 3.63) is 54.3 Å². The maximum absolute atomic E-state index is 14.7. The number of nitrogens with zero attached hydrogens (tertiary/aromatic N) is 3. The van der Waals surface area contributed by atoms with Crippen LogP contribution in [0.15, 0.2) is 53.7 Å². The Balaban J connectivity index is 1.73. The van der Waals surface area contributed by atoms with Gasteiger partial charge in [0.15, 0.2) is 11.0 Å². The highest BCUT2D eigenvalue weighted by Crippen LogP contribution is 2.30. The largest absolute Gasteiger partial charge is 0.494 e. The van der Waals surface area contributed by atoms with Crippen LogP contribution in [0.3, 0.4) is 0 Å². The average molecular weight is 487 g/mol. The number of esters is 1. The Bertz CT molecular complexity index is 1100. The van der Waals surface area contributed by atoms with E-state index < -0.39 is 5.82 Å². The van der Waals surface area contributed by atoms with Crippen LogP contribution in [0.4, 0.5) is 4.39 Å². The van der Waals surface area contributed by atoms with Crippen LogP contribution < -0.4 is 10.1 Å². The third-order valence-corrected chi connectivity index (χ3v) is 5.60. The molecular weight excluding hydrogens is 459 g/mol. The summed E-state index contributed by atoms with van der Waals surface area (Å²) in [6.07, 6.45) is 0.733. The highest BCUT2D eigenvalue weighted by Gasteiger charge is 2.19. The van der Waals surface area contributed by atoms with Gasteiger partial charge in [-0.1, -0.05) is 23.9 Å². The van der Waals surface area contributed by atoms with Crippen molar-refractivity contribution < 1.29 is 23.5 Å². The predicted molar refractivity (Wildman–Crippen MR) is 128 cm³/mol. The number of nitrogens with one attached hydrogen (secondary N) is 1. The Hall–Kier alpha value is -3.40. The molecule has 0 unspecified atom stereocenters. The Labute approximate surface area is 201 Å². The van der Waals surface area contributed by atoms with Crippen molar-refractivity contribution >= 4 is 23.6 Å². The van der Waals surface area contributed by atoms with Gasteiger partial charge in [0.25, 0.3) is 0 Å². The molecule has 1 amide bonds. The Morgan fingerprint density at radius 3 is 2.53 bits per heavy atom. The van der Waals surface area contributed by atoms with Crippen molar-refractivity contribution in [2.75, 3.05) is 25.5 Å². The molecule has 10 heteroatoms. The number of halogens is 1. The topological polar surface area (TPSA) is 95.3 Å². The summed E-state index contributed by atoms with van der Waals surface area (Å²) < 4.78 is 26.7. The number of amides is 1. The smallest absolute Gasteiger partial charge is 0.305 e. The normalized spacial score (nSPS) is 10.7. The SMILES string of the molecule is CCOC(=O)CCCNC(=O)CSc1nnc(-c2ccc(OCC)cc2)n1-c1ccccc1F. The first-order valence-electron chi connectivity index (χ1n) is 11.0. The zero-order chi connectivity index (χ0) is 24.3. The molecule has 0 atom stereocenters. The minimum atomic E-state index is -0.431. The van der Waals surface area contributed by atoms with Crippen LogP contribution in [0.25, 0.3) is 17.1 Å². The van der Waals surface area contributed by atoms with E-state index in [1.54, 1.807) is 29.7 Å². The molecule has 0 bridgehead atoms. The molecule has 0 saturated heterocycles. The van der Waals surface area contributed by atoms with Gasteiger partial charge in [-0.05, 0) is 56.7 Å². The quantitative estimate of drug-likeness (QED) is 0.235. The van der Waals surface area contributed by atoms with E-state index in [1.165, 1.54) is 6.07 Å². The van der Waals surface area contributed by atoms with Crippen LogP contribution >= 0.6 is 11.8 Å². The van der Waals surface area contributed by atoms with Gasteiger partial charge in [0.05, 0.1) is 24.7 Å². The molecule has 1 heterocycles. The van der Waals surface area contributed by atoms with Gasteiger partial charge in [-0.2, -0.15) is 0 Å². The molecule has 34 heavy (non-hydrogen) atoms. The molecule has 180 valence electrons. The number of rotatable bonds is 12. The second-order valence-electron chi connectivity index (χ2n) is 7.10. The third kappa shape index (κ3) is 6.80. The molecule has 0 radical (unpaired) electrons. The summed E-state index contributed by atoms with van der Waals surface area (Å²) in [5, 5.41) is 11.6. The van der Waals surface area contributed by atoms with Crippen molar-refractivity contribution in [1.82, 2.24) is 20.1 Å². The molecule has 1 N–H and O–H groups in total. The number of ether oxygens (including phenoxy) is 2. The number of hydrogen-bond donors (Lipinski definition) is 1. The summed E-state index contributed by atoms with van der Waals surface area (Å²) in [5.41, 5.74) is 1.02. The molecular formula is C24H27FN4O4S. The minimum Gasteiger partial charge on any atom is -0.494 e. The van der Waals surface area contributed by atoms with Gasteiger partial charge in [-0.3, -0.25) is 14.2 Å². The van der Waals surface area contributed by atoms with Gasteiger partial charge in [0.2, 0.25) is 5.91 Å². The molecule has 0 aliphatic heterocycles. The van der Waals surface area contributed by atoms with E-state index in [4.69, 9.17) is 9.47 Å². The molecule has 1 aromatic heterocycles. The highest BCUT2D eigenvalue weighted by molar-refractivity contribution is 7.99. The van der Waals surface area contributed by atoms with E-state index >= 15 is 0 Å². The Morgan fingerprint density at radius 2 is 1.82 bits per heavy atom. The van der Waals surface area contributed by atoms with Crippen molar-refractivity contribution in [3.8, 4) is 22.8 Å². The Kier molecular flexibility index (Phi) is 9.45. The summed E-state index contributed by atoms with van der Waals surface area (Å²) in [5.74, 6) is 0.295. The van der Waals surface area contributed by atoms with Gasteiger partial charge < -0.3 is 14.8 Å². The fraction of sp³-hybridized carbons (Fsp3) is 0.333. The number of benzene rings is 2. The number of para-hydroxylation sites is 1. The molecule has 0 spiro atoms. The summed E-state index contributed by atoms with van der Waals surface area (Å²) in [7, 11) is 0. The summed E-state index contributed by atoms with van der Waals surface area (Å²) in [6.45, 7) is 4.90.